The molecule has 7 aromatic rings. The molecule has 0 spiro atoms. The standard InChI is InChI=1S/C36H24S/c1-3-10-25(11-4-1)26-20-22-27(23-21-26)29-14-7-15-30(24-29)32-17-9-19-34-33-18-8-16-31(35(33)37-36(32)34)28-12-5-2-6-13-28/h1-24H. The topological polar surface area (TPSA) is 0 Å². The summed E-state index contributed by atoms with van der Waals surface area (Å²) in [5.41, 5.74) is 10.1. The molecule has 7 rings (SSSR count). The van der Waals surface area contributed by atoms with Crippen molar-refractivity contribution >= 4 is 31.5 Å². The van der Waals surface area contributed by atoms with Gasteiger partial charge in [-0.2, -0.15) is 0 Å². The van der Waals surface area contributed by atoms with Crippen LogP contribution in [-0.4, -0.2) is 0 Å². The van der Waals surface area contributed by atoms with Crippen LogP contribution in [0.1, 0.15) is 0 Å². The molecule has 0 amide bonds. The van der Waals surface area contributed by atoms with Gasteiger partial charge in [-0.1, -0.05) is 140 Å². The predicted molar refractivity (Wildman–Crippen MR) is 161 cm³/mol. The molecule has 1 aromatic heterocycles. The average molecular weight is 489 g/mol. The van der Waals surface area contributed by atoms with Crippen molar-refractivity contribution < 1.29 is 0 Å². The molecular formula is C36H24S. The molecule has 0 N–H and O–H groups in total. The predicted octanol–water partition coefficient (Wildman–Crippen LogP) is 10.7. The third kappa shape index (κ3) is 3.94. The highest BCUT2D eigenvalue weighted by atomic mass is 32.1. The van der Waals surface area contributed by atoms with Crippen molar-refractivity contribution in [1.82, 2.24) is 0 Å². The monoisotopic (exact) mass is 488 g/mol. The molecule has 6 aromatic carbocycles. The van der Waals surface area contributed by atoms with E-state index in [2.05, 4.69) is 146 Å². The van der Waals surface area contributed by atoms with Crippen LogP contribution in [0.15, 0.2) is 146 Å². The molecule has 0 fully saturated rings. The van der Waals surface area contributed by atoms with Crippen LogP contribution in [-0.2, 0) is 0 Å². The van der Waals surface area contributed by atoms with Crippen molar-refractivity contribution in [1.29, 1.82) is 0 Å². The number of fused-ring (bicyclic) bond motifs is 3. The van der Waals surface area contributed by atoms with Crippen molar-refractivity contribution in [2.24, 2.45) is 0 Å². The molecule has 0 unspecified atom stereocenters. The van der Waals surface area contributed by atoms with Gasteiger partial charge in [0, 0.05) is 20.2 Å². The van der Waals surface area contributed by atoms with Crippen molar-refractivity contribution in [3.63, 3.8) is 0 Å². The van der Waals surface area contributed by atoms with E-state index in [0.717, 1.165) is 0 Å². The Labute approximate surface area is 221 Å². The summed E-state index contributed by atoms with van der Waals surface area (Å²) in [6, 6.07) is 52.5. The van der Waals surface area contributed by atoms with Crippen LogP contribution in [0, 0.1) is 0 Å². The van der Waals surface area contributed by atoms with Gasteiger partial charge in [0.2, 0.25) is 0 Å². The summed E-state index contributed by atoms with van der Waals surface area (Å²) in [5, 5.41) is 2.66. The fraction of sp³-hybridized carbons (Fsp3) is 0. The maximum atomic E-state index is 2.33. The Kier molecular flexibility index (Phi) is 5.42. The number of hydrogen-bond acceptors (Lipinski definition) is 1. The fourth-order valence-electron chi connectivity index (χ4n) is 5.24. The summed E-state index contributed by atoms with van der Waals surface area (Å²) < 4.78 is 2.70. The van der Waals surface area contributed by atoms with E-state index in [9.17, 15) is 0 Å². The summed E-state index contributed by atoms with van der Waals surface area (Å²) in [6.45, 7) is 0. The first-order chi connectivity index (χ1) is 18.3. The van der Waals surface area contributed by atoms with Crippen molar-refractivity contribution in [3.8, 4) is 44.5 Å². The van der Waals surface area contributed by atoms with Crippen LogP contribution in [0.4, 0.5) is 0 Å². The lowest BCUT2D eigenvalue weighted by Gasteiger charge is -2.08. The van der Waals surface area contributed by atoms with E-state index >= 15 is 0 Å². The summed E-state index contributed by atoms with van der Waals surface area (Å²) in [7, 11) is 0. The molecule has 37 heavy (non-hydrogen) atoms. The Balaban J connectivity index is 1.32. The molecule has 0 atom stereocenters. The summed E-state index contributed by atoms with van der Waals surface area (Å²) >= 11 is 1.91. The minimum Gasteiger partial charge on any atom is -0.134 e. The quantitative estimate of drug-likeness (QED) is 0.231. The van der Waals surface area contributed by atoms with Crippen molar-refractivity contribution in [2.75, 3.05) is 0 Å². The second kappa shape index (κ2) is 9.20. The first-order valence-corrected chi connectivity index (χ1v) is 13.4. The largest absolute Gasteiger partial charge is 0.134 e. The summed E-state index contributed by atoms with van der Waals surface area (Å²) in [4.78, 5) is 0. The van der Waals surface area contributed by atoms with Gasteiger partial charge in [-0.25, -0.2) is 0 Å². The molecule has 1 heterocycles. The van der Waals surface area contributed by atoms with Gasteiger partial charge >= 0.3 is 0 Å². The van der Waals surface area contributed by atoms with Crippen LogP contribution >= 0.6 is 11.3 Å². The maximum Gasteiger partial charge on any atom is 0.0434 e. The molecule has 0 bridgehead atoms. The van der Waals surface area contributed by atoms with Crippen LogP contribution in [0.2, 0.25) is 0 Å². The van der Waals surface area contributed by atoms with Gasteiger partial charge in [0.05, 0.1) is 0 Å². The average Bonchev–Trinajstić information content (AvgIpc) is 3.37. The van der Waals surface area contributed by atoms with Crippen LogP contribution in [0.3, 0.4) is 0 Å². The lowest BCUT2D eigenvalue weighted by Crippen LogP contribution is -1.83. The van der Waals surface area contributed by atoms with Crippen LogP contribution in [0.5, 0.6) is 0 Å². The Morgan fingerprint density at radius 1 is 0.297 bits per heavy atom. The Hall–Kier alpha value is -4.46. The molecule has 0 saturated heterocycles. The van der Waals surface area contributed by atoms with E-state index in [1.807, 2.05) is 11.3 Å². The van der Waals surface area contributed by atoms with Crippen molar-refractivity contribution in [2.45, 2.75) is 0 Å². The SMILES string of the molecule is c1ccc(-c2ccc(-c3cccc(-c4cccc5c4sc4c(-c6ccccc6)cccc45)c3)cc2)cc1. The third-order valence-corrected chi connectivity index (χ3v) is 8.40. The fourth-order valence-corrected chi connectivity index (χ4v) is 6.62. The van der Waals surface area contributed by atoms with Crippen LogP contribution < -0.4 is 0 Å². The van der Waals surface area contributed by atoms with Gasteiger partial charge in [0.1, 0.15) is 0 Å². The highest BCUT2D eigenvalue weighted by Crippen LogP contribution is 2.44. The smallest absolute Gasteiger partial charge is 0.0434 e. The number of benzene rings is 6. The highest BCUT2D eigenvalue weighted by molar-refractivity contribution is 7.26. The summed E-state index contributed by atoms with van der Waals surface area (Å²) in [6.07, 6.45) is 0. The van der Waals surface area contributed by atoms with E-state index in [4.69, 9.17) is 0 Å². The van der Waals surface area contributed by atoms with E-state index in [1.165, 1.54) is 64.7 Å². The highest BCUT2D eigenvalue weighted by Gasteiger charge is 2.14. The third-order valence-electron chi connectivity index (χ3n) is 7.11. The molecule has 0 nitrogen and oxygen atoms in total. The molecule has 0 aliphatic rings. The number of thiophene rings is 1. The maximum absolute atomic E-state index is 2.33. The lowest BCUT2D eigenvalue weighted by molar-refractivity contribution is 1.58. The molecule has 0 radical (unpaired) electrons. The molecule has 174 valence electrons. The zero-order valence-electron chi connectivity index (χ0n) is 20.3. The normalized spacial score (nSPS) is 11.2. The number of hydrogen-bond donors (Lipinski definition) is 0. The Morgan fingerprint density at radius 2 is 0.730 bits per heavy atom. The van der Waals surface area contributed by atoms with Gasteiger partial charge in [0.25, 0.3) is 0 Å². The molecule has 0 aliphatic carbocycles. The molecule has 1 heteroatoms. The Bertz CT molecular complexity index is 1840. The minimum atomic E-state index is 1.23. The van der Waals surface area contributed by atoms with Gasteiger partial charge in [-0.15, -0.1) is 11.3 Å². The van der Waals surface area contributed by atoms with Gasteiger partial charge in [-0.3, -0.25) is 0 Å². The number of rotatable bonds is 4. The summed E-state index contributed by atoms with van der Waals surface area (Å²) in [5.74, 6) is 0. The molecule has 0 saturated carbocycles. The van der Waals surface area contributed by atoms with E-state index in [1.54, 1.807) is 0 Å². The minimum absolute atomic E-state index is 1.23. The van der Waals surface area contributed by atoms with E-state index in [-0.39, 0.29) is 0 Å². The first-order valence-electron chi connectivity index (χ1n) is 12.6. The van der Waals surface area contributed by atoms with E-state index < -0.39 is 0 Å². The second-order valence-corrected chi connectivity index (χ2v) is 10.4. The first kappa shape index (κ1) is 21.8. The van der Waals surface area contributed by atoms with Crippen molar-refractivity contribution in [3.05, 3.63) is 146 Å². The Morgan fingerprint density at radius 3 is 1.35 bits per heavy atom. The van der Waals surface area contributed by atoms with Gasteiger partial charge < -0.3 is 0 Å². The second-order valence-electron chi connectivity index (χ2n) is 9.36. The molecule has 0 aliphatic heterocycles. The molecular weight excluding hydrogens is 464 g/mol. The van der Waals surface area contributed by atoms with Gasteiger partial charge in [0.15, 0.2) is 0 Å². The van der Waals surface area contributed by atoms with Gasteiger partial charge in [-0.05, 0) is 50.6 Å². The zero-order chi connectivity index (χ0) is 24.6. The van der Waals surface area contributed by atoms with Crippen LogP contribution in [0.25, 0.3) is 64.7 Å². The van der Waals surface area contributed by atoms with E-state index in [0.29, 0.717) is 0 Å². The lowest BCUT2D eigenvalue weighted by atomic mass is 9.96. The zero-order valence-corrected chi connectivity index (χ0v) is 21.1.